The zero-order valence-corrected chi connectivity index (χ0v) is 27.0. The van der Waals surface area contributed by atoms with Gasteiger partial charge in [-0.3, -0.25) is 4.79 Å². The van der Waals surface area contributed by atoms with Crippen molar-refractivity contribution in [2.45, 2.75) is 79.1 Å². The maximum Gasteiger partial charge on any atom is 0.255 e. The largest absolute Gasteiger partial charge is 0.489 e. The lowest BCUT2D eigenvalue weighted by atomic mass is 9.94. The summed E-state index contributed by atoms with van der Waals surface area (Å²) in [5.74, 6) is 2.18. The molecule has 0 fully saturated rings. The minimum absolute atomic E-state index is 0.171. The summed E-state index contributed by atoms with van der Waals surface area (Å²) in [5.41, 5.74) is 10.2. The molecule has 2 heterocycles. The van der Waals surface area contributed by atoms with Crippen LogP contribution >= 0.6 is 11.8 Å². The molecule has 1 atom stereocenters. The van der Waals surface area contributed by atoms with Crippen molar-refractivity contribution in [2.24, 2.45) is 0 Å². The number of aromatic nitrogens is 3. The number of amides is 1. The number of nitrogens with one attached hydrogen (secondary N) is 2. The summed E-state index contributed by atoms with van der Waals surface area (Å²) in [6, 6.07) is 17.9. The maximum absolute atomic E-state index is 14.0. The van der Waals surface area contributed by atoms with Gasteiger partial charge in [-0.15, -0.1) is 5.10 Å². The Hall–Kier alpha value is -4.04. The quantitative estimate of drug-likeness (QED) is 0.142. The zero-order chi connectivity index (χ0) is 30.7. The zero-order valence-electron chi connectivity index (χ0n) is 26.2. The van der Waals surface area contributed by atoms with Crippen molar-refractivity contribution >= 4 is 29.3 Å². The van der Waals surface area contributed by atoms with Crippen LogP contribution < -0.4 is 15.4 Å². The summed E-state index contributed by atoms with van der Waals surface area (Å²) in [6.07, 6.45) is 2.21. The van der Waals surface area contributed by atoms with Crippen LogP contribution in [0, 0.1) is 34.6 Å². The smallest absolute Gasteiger partial charge is 0.255 e. The number of rotatable bonds is 10. The number of hydrogen-bond acceptors (Lipinski definition) is 6. The molecule has 0 aliphatic carbocycles. The minimum Gasteiger partial charge on any atom is -0.489 e. The van der Waals surface area contributed by atoms with E-state index >= 15 is 0 Å². The number of fused-ring (bicyclic) bond motifs is 1. The summed E-state index contributed by atoms with van der Waals surface area (Å²) in [7, 11) is 0. The Morgan fingerprint density at radius 1 is 0.977 bits per heavy atom. The molecule has 4 aromatic rings. The predicted octanol–water partition coefficient (Wildman–Crippen LogP) is 8.22. The van der Waals surface area contributed by atoms with Gasteiger partial charge in [0.15, 0.2) is 0 Å². The van der Waals surface area contributed by atoms with Gasteiger partial charge < -0.3 is 15.4 Å². The van der Waals surface area contributed by atoms with E-state index in [1.54, 1.807) is 11.8 Å². The van der Waals surface area contributed by atoms with Crippen LogP contribution in [-0.4, -0.2) is 26.4 Å². The molecule has 8 heteroatoms. The summed E-state index contributed by atoms with van der Waals surface area (Å²) >= 11 is 1.64. The van der Waals surface area contributed by atoms with Crippen molar-refractivity contribution in [2.75, 3.05) is 16.4 Å². The number of hydrogen-bond donors (Lipinski definition) is 2. The molecule has 1 aliphatic rings. The molecule has 0 bridgehead atoms. The summed E-state index contributed by atoms with van der Waals surface area (Å²) in [4.78, 5) is 18.7. The fraction of sp³-hybridized carbons (Fsp3) is 0.343. The van der Waals surface area contributed by atoms with Gasteiger partial charge in [0.25, 0.3) is 5.91 Å². The number of unbranched alkanes of at least 4 members (excludes halogenated alkanes) is 1. The Balaban J connectivity index is 1.45. The standard InChI is InChI=1S/C35H41N5O2S/c1-8-9-17-43-35-38-34-36-26(7)31(33(41)37-30-12-10-11-21(2)25(30)6)32(40(34)39-35)27-13-15-29(16-14-27)42-20-28-19-23(4)22(3)18-24(28)5/h10-16,18-19,32H,8-9,17,20H2,1-7H3,(H,37,41)(H,36,38,39). The molecule has 7 nitrogen and oxygen atoms in total. The molecule has 0 radical (unpaired) electrons. The van der Waals surface area contributed by atoms with Crippen LogP contribution in [-0.2, 0) is 11.4 Å². The lowest BCUT2D eigenvalue weighted by molar-refractivity contribution is -0.113. The molecule has 1 aliphatic heterocycles. The monoisotopic (exact) mass is 595 g/mol. The number of ether oxygens (including phenoxy) is 1. The molecule has 3 aromatic carbocycles. The van der Waals surface area contributed by atoms with Crippen LogP contribution in [0.2, 0.25) is 0 Å². The second-order valence-electron chi connectivity index (χ2n) is 11.4. The lowest BCUT2D eigenvalue weighted by Gasteiger charge is -2.29. The van der Waals surface area contributed by atoms with Gasteiger partial charge >= 0.3 is 0 Å². The van der Waals surface area contributed by atoms with Crippen LogP contribution in [0.1, 0.15) is 71.7 Å². The first kappa shape index (κ1) is 30.4. The van der Waals surface area contributed by atoms with Crippen molar-refractivity contribution in [1.82, 2.24) is 14.8 Å². The normalized spacial score (nSPS) is 14.3. The number of benzene rings is 3. The topological polar surface area (TPSA) is 81.1 Å². The van der Waals surface area contributed by atoms with Gasteiger partial charge in [0, 0.05) is 17.1 Å². The average Bonchev–Trinajstić information content (AvgIpc) is 3.38. The highest BCUT2D eigenvalue weighted by Crippen LogP contribution is 2.37. The Bertz CT molecular complexity index is 1670. The fourth-order valence-electron chi connectivity index (χ4n) is 5.26. The van der Waals surface area contributed by atoms with E-state index in [1.165, 1.54) is 22.3 Å². The molecule has 1 aromatic heterocycles. The third-order valence-corrected chi connectivity index (χ3v) is 9.13. The van der Waals surface area contributed by atoms with E-state index in [2.05, 4.69) is 50.5 Å². The van der Waals surface area contributed by atoms with Crippen molar-refractivity contribution < 1.29 is 9.53 Å². The van der Waals surface area contributed by atoms with Crippen LogP contribution in [0.25, 0.3) is 0 Å². The number of thioether (sulfide) groups is 1. The highest BCUT2D eigenvalue weighted by Gasteiger charge is 2.34. The van der Waals surface area contributed by atoms with E-state index in [0.29, 0.717) is 23.3 Å². The Kier molecular flexibility index (Phi) is 9.25. The van der Waals surface area contributed by atoms with E-state index in [4.69, 9.17) is 14.8 Å². The molecule has 1 unspecified atom stereocenters. The van der Waals surface area contributed by atoms with Gasteiger partial charge in [-0.05, 0) is 105 Å². The van der Waals surface area contributed by atoms with Crippen molar-refractivity contribution in [3.8, 4) is 5.75 Å². The molecule has 1 amide bonds. The number of carbonyl (C=O) groups excluding carboxylic acids is 1. The second kappa shape index (κ2) is 13.1. The van der Waals surface area contributed by atoms with Gasteiger partial charge in [-0.25, -0.2) is 4.68 Å². The van der Waals surface area contributed by atoms with Crippen molar-refractivity contribution in [3.05, 3.63) is 105 Å². The lowest BCUT2D eigenvalue weighted by Crippen LogP contribution is -2.31. The molecule has 224 valence electrons. The predicted molar refractivity (Wildman–Crippen MR) is 176 cm³/mol. The van der Waals surface area contributed by atoms with E-state index in [1.807, 2.05) is 67.9 Å². The van der Waals surface area contributed by atoms with Crippen molar-refractivity contribution in [3.63, 3.8) is 0 Å². The van der Waals surface area contributed by atoms with Crippen LogP contribution in [0.15, 0.2) is 71.0 Å². The van der Waals surface area contributed by atoms with Gasteiger partial charge in [0.1, 0.15) is 18.4 Å². The number of allylic oxidation sites excluding steroid dienone is 1. The Morgan fingerprint density at radius 3 is 2.47 bits per heavy atom. The van der Waals surface area contributed by atoms with Gasteiger partial charge in [-0.2, -0.15) is 4.98 Å². The van der Waals surface area contributed by atoms with E-state index in [0.717, 1.165) is 52.4 Å². The van der Waals surface area contributed by atoms with E-state index in [9.17, 15) is 4.79 Å². The number of aryl methyl sites for hydroxylation is 4. The van der Waals surface area contributed by atoms with Crippen LogP contribution in [0.5, 0.6) is 5.75 Å². The molecular weight excluding hydrogens is 554 g/mol. The highest BCUT2D eigenvalue weighted by molar-refractivity contribution is 7.99. The molecule has 0 saturated heterocycles. The Labute approximate surface area is 259 Å². The summed E-state index contributed by atoms with van der Waals surface area (Å²) < 4.78 is 8.04. The van der Waals surface area contributed by atoms with Gasteiger partial charge in [0.05, 0.1) is 5.57 Å². The summed E-state index contributed by atoms with van der Waals surface area (Å²) in [6.45, 7) is 15.0. The number of nitrogens with zero attached hydrogens (tertiary/aromatic N) is 3. The summed E-state index contributed by atoms with van der Waals surface area (Å²) in [5, 5.41) is 12.1. The van der Waals surface area contributed by atoms with Crippen LogP contribution in [0.3, 0.4) is 0 Å². The van der Waals surface area contributed by atoms with E-state index < -0.39 is 6.04 Å². The second-order valence-corrected chi connectivity index (χ2v) is 12.4. The first-order valence-electron chi connectivity index (χ1n) is 14.9. The third kappa shape index (κ3) is 6.64. The molecule has 43 heavy (non-hydrogen) atoms. The van der Waals surface area contributed by atoms with E-state index in [-0.39, 0.29) is 5.91 Å². The molecule has 0 saturated carbocycles. The minimum atomic E-state index is -0.453. The fourth-order valence-corrected chi connectivity index (χ4v) is 6.17. The number of carbonyl (C=O) groups is 1. The van der Waals surface area contributed by atoms with Crippen molar-refractivity contribution in [1.29, 1.82) is 0 Å². The third-order valence-electron chi connectivity index (χ3n) is 8.20. The average molecular weight is 596 g/mol. The van der Waals surface area contributed by atoms with Crippen LogP contribution in [0.4, 0.5) is 11.6 Å². The Morgan fingerprint density at radius 2 is 1.72 bits per heavy atom. The molecule has 0 spiro atoms. The molecule has 5 rings (SSSR count). The number of anilines is 2. The van der Waals surface area contributed by atoms with Gasteiger partial charge in [0.2, 0.25) is 11.1 Å². The first-order chi connectivity index (χ1) is 20.7. The van der Waals surface area contributed by atoms with Gasteiger partial charge in [-0.1, -0.05) is 61.5 Å². The SMILES string of the molecule is CCCCSc1nc2n(n1)C(c1ccc(OCc3cc(C)c(C)cc3C)cc1)C(C(=O)Nc1cccc(C)c1C)=C(C)N2. The highest BCUT2D eigenvalue weighted by atomic mass is 32.2. The molecular formula is C35H41N5O2S. The first-order valence-corrected chi connectivity index (χ1v) is 15.9. The maximum atomic E-state index is 14.0. The molecule has 2 N–H and O–H groups in total.